The minimum atomic E-state index is -0.934. The highest BCUT2D eigenvalue weighted by molar-refractivity contribution is 5.87. The summed E-state index contributed by atoms with van der Waals surface area (Å²) in [5.74, 6) is -0.877. The Hall–Kier alpha value is -2.62. The predicted octanol–water partition coefficient (Wildman–Crippen LogP) is 3.55. The highest BCUT2D eigenvalue weighted by atomic mass is 16.4. The number of aromatic carboxylic acids is 1. The maximum absolute atomic E-state index is 12.1. The van der Waals surface area contributed by atoms with Crippen molar-refractivity contribution >= 4 is 11.9 Å². The molecule has 2 aromatic carbocycles. The standard InChI is InChI=1S/C21H23NO3/c1-21(17-5-3-2-4-6-17)13-18(14-21)22-19(23)12-9-15-7-10-16(11-8-15)20(24)25/h2-8,10-11,18H,9,12-14H2,1H3,(H,22,23)(H,24,25). The molecule has 1 aliphatic carbocycles. The van der Waals surface area contributed by atoms with Gasteiger partial charge in [0.25, 0.3) is 0 Å². The summed E-state index contributed by atoms with van der Waals surface area (Å²) in [6.07, 6.45) is 2.98. The van der Waals surface area contributed by atoms with Crippen molar-refractivity contribution in [3.63, 3.8) is 0 Å². The van der Waals surface area contributed by atoms with Crippen molar-refractivity contribution < 1.29 is 14.7 Å². The van der Waals surface area contributed by atoms with Crippen LogP contribution in [-0.2, 0) is 16.6 Å². The second kappa shape index (κ2) is 7.09. The number of carboxylic acid groups (broad SMARTS) is 1. The number of carbonyl (C=O) groups excluding carboxylic acids is 1. The number of carboxylic acids is 1. The average Bonchev–Trinajstić information content (AvgIpc) is 2.59. The number of nitrogens with one attached hydrogen (secondary N) is 1. The van der Waals surface area contributed by atoms with Gasteiger partial charge in [-0.15, -0.1) is 0 Å². The molecule has 2 aromatic rings. The number of hydrogen-bond acceptors (Lipinski definition) is 2. The van der Waals surface area contributed by atoms with Gasteiger partial charge >= 0.3 is 5.97 Å². The quantitative estimate of drug-likeness (QED) is 0.847. The van der Waals surface area contributed by atoms with Gasteiger partial charge in [0, 0.05) is 12.5 Å². The lowest BCUT2D eigenvalue weighted by atomic mass is 9.63. The van der Waals surface area contributed by atoms with Crippen molar-refractivity contribution in [1.29, 1.82) is 0 Å². The molecule has 1 saturated carbocycles. The van der Waals surface area contributed by atoms with Crippen LogP contribution < -0.4 is 5.32 Å². The first-order valence-electron chi connectivity index (χ1n) is 8.63. The van der Waals surface area contributed by atoms with Gasteiger partial charge in [-0.1, -0.05) is 49.4 Å². The number of rotatable bonds is 6. The summed E-state index contributed by atoms with van der Waals surface area (Å²) in [4.78, 5) is 23.0. The number of amides is 1. The molecule has 1 aliphatic rings. The third-order valence-corrected chi connectivity index (χ3v) is 5.07. The molecule has 0 saturated heterocycles. The van der Waals surface area contributed by atoms with E-state index in [-0.39, 0.29) is 22.9 Å². The van der Waals surface area contributed by atoms with Crippen LogP contribution in [0, 0.1) is 0 Å². The van der Waals surface area contributed by atoms with E-state index < -0.39 is 5.97 Å². The van der Waals surface area contributed by atoms with Crippen LogP contribution in [0.15, 0.2) is 54.6 Å². The number of aryl methyl sites for hydroxylation is 1. The van der Waals surface area contributed by atoms with Gasteiger partial charge in [0.05, 0.1) is 5.56 Å². The molecule has 4 nitrogen and oxygen atoms in total. The van der Waals surface area contributed by atoms with E-state index >= 15 is 0 Å². The van der Waals surface area contributed by atoms with Gasteiger partial charge in [0.2, 0.25) is 5.91 Å². The Kier molecular flexibility index (Phi) is 4.88. The monoisotopic (exact) mass is 337 g/mol. The first-order valence-corrected chi connectivity index (χ1v) is 8.63. The summed E-state index contributed by atoms with van der Waals surface area (Å²) < 4.78 is 0. The molecule has 0 spiro atoms. The Balaban J connectivity index is 1.44. The molecule has 0 aliphatic heterocycles. The van der Waals surface area contributed by atoms with E-state index in [1.807, 2.05) is 6.07 Å². The second-order valence-electron chi connectivity index (χ2n) is 7.10. The van der Waals surface area contributed by atoms with Crippen LogP contribution in [0.4, 0.5) is 0 Å². The molecule has 0 aromatic heterocycles. The van der Waals surface area contributed by atoms with Crippen molar-refractivity contribution in [1.82, 2.24) is 5.32 Å². The van der Waals surface area contributed by atoms with Gasteiger partial charge in [-0.25, -0.2) is 4.79 Å². The Bertz CT molecular complexity index is 746. The highest BCUT2D eigenvalue weighted by Gasteiger charge is 2.41. The first kappa shape index (κ1) is 17.2. The molecule has 0 unspecified atom stereocenters. The fourth-order valence-corrected chi connectivity index (χ4v) is 3.58. The Morgan fingerprint density at radius 1 is 1.08 bits per heavy atom. The van der Waals surface area contributed by atoms with Crippen molar-refractivity contribution in [3.8, 4) is 0 Å². The molecular weight excluding hydrogens is 314 g/mol. The van der Waals surface area contributed by atoms with Crippen LogP contribution in [0.5, 0.6) is 0 Å². The fourth-order valence-electron chi connectivity index (χ4n) is 3.58. The van der Waals surface area contributed by atoms with Crippen LogP contribution in [0.2, 0.25) is 0 Å². The Labute approximate surface area is 147 Å². The van der Waals surface area contributed by atoms with Crippen molar-refractivity contribution in [2.75, 3.05) is 0 Å². The predicted molar refractivity (Wildman–Crippen MR) is 96.7 cm³/mol. The van der Waals surface area contributed by atoms with Gasteiger partial charge < -0.3 is 10.4 Å². The number of carbonyl (C=O) groups is 2. The average molecular weight is 337 g/mol. The number of hydrogen-bond donors (Lipinski definition) is 2. The normalized spacial score (nSPS) is 22.0. The number of benzene rings is 2. The summed E-state index contributed by atoms with van der Waals surface area (Å²) in [5.41, 5.74) is 2.73. The van der Waals surface area contributed by atoms with E-state index in [4.69, 9.17) is 5.11 Å². The topological polar surface area (TPSA) is 66.4 Å². The zero-order valence-corrected chi connectivity index (χ0v) is 14.4. The van der Waals surface area contributed by atoms with E-state index in [9.17, 15) is 9.59 Å². The minimum Gasteiger partial charge on any atom is -0.478 e. The van der Waals surface area contributed by atoms with Gasteiger partial charge in [0.15, 0.2) is 0 Å². The lowest BCUT2D eigenvalue weighted by Gasteiger charge is -2.46. The Morgan fingerprint density at radius 2 is 1.72 bits per heavy atom. The van der Waals surface area contributed by atoms with Crippen LogP contribution in [-0.4, -0.2) is 23.0 Å². The molecule has 4 heteroatoms. The molecule has 130 valence electrons. The third kappa shape index (κ3) is 4.08. The molecule has 3 rings (SSSR count). The lowest BCUT2D eigenvalue weighted by Crippen LogP contribution is -2.51. The Morgan fingerprint density at radius 3 is 2.32 bits per heavy atom. The molecular formula is C21H23NO3. The molecule has 0 bridgehead atoms. The van der Waals surface area contributed by atoms with E-state index in [0.29, 0.717) is 12.8 Å². The third-order valence-electron chi connectivity index (χ3n) is 5.07. The molecule has 1 fully saturated rings. The van der Waals surface area contributed by atoms with E-state index in [1.54, 1.807) is 24.3 Å². The molecule has 25 heavy (non-hydrogen) atoms. The molecule has 0 heterocycles. The molecule has 0 radical (unpaired) electrons. The minimum absolute atomic E-state index is 0.0578. The van der Waals surface area contributed by atoms with E-state index in [2.05, 4.69) is 36.5 Å². The second-order valence-corrected chi connectivity index (χ2v) is 7.10. The highest BCUT2D eigenvalue weighted by Crippen LogP contribution is 2.43. The van der Waals surface area contributed by atoms with Crippen molar-refractivity contribution in [2.24, 2.45) is 0 Å². The molecule has 2 N–H and O–H groups in total. The summed E-state index contributed by atoms with van der Waals surface area (Å²) >= 11 is 0. The summed E-state index contributed by atoms with van der Waals surface area (Å²) in [5, 5.41) is 12.0. The van der Waals surface area contributed by atoms with Crippen LogP contribution in [0.25, 0.3) is 0 Å². The molecule has 1 amide bonds. The summed E-state index contributed by atoms with van der Waals surface area (Å²) in [6.45, 7) is 2.25. The summed E-state index contributed by atoms with van der Waals surface area (Å²) in [7, 11) is 0. The van der Waals surface area contributed by atoms with Crippen LogP contribution >= 0.6 is 0 Å². The SMILES string of the molecule is CC1(c2ccccc2)CC(NC(=O)CCc2ccc(C(=O)O)cc2)C1. The van der Waals surface area contributed by atoms with Crippen LogP contribution in [0.3, 0.4) is 0 Å². The van der Waals surface area contributed by atoms with Crippen molar-refractivity contribution in [3.05, 3.63) is 71.3 Å². The maximum atomic E-state index is 12.1. The fraction of sp³-hybridized carbons (Fsp3) is 0.333. The van der Waals surface area contributed by atoms with Crippen molar-refractivity contribution in [2.45, 2.75) is 44.1 Å². The zero-order valence-electron chi connectivity index (χ0n) is 14.4. The lowest BCUT2D eigenvalue weighted by molar-refractivity contribution is -0.122. The molecule has 0 atom stereocenters. The largest absolute Gasteiger partial charge is 0.478 e. The summed E-state index contributed by atoms with van der Waals surface area (Å²) in [6, 6.07) is 17.4. The van der Waals surface area contributed by atoms with Gasteiger partial charge in [-0.2, -0.15) is 0 Å². The van der Waals surface area contributed by atoms with E-state index in [0.717, 1.165) is 18.4 Å². The van der Waals surface area contributed by atoms with Gasteiger partial charge in [-0.05, 0) is 47.9 Å². The first-order chi connectivity index (χ1) is 12.0. The zero-order chi connectivity index (χ0) is 17.9. The van der Waals surface area contributed by atoms with Gasteiger partial charge in [0.1, 0.15) is 0 Å². The van der Waals surface area contributed by atoms with Gasteiger partial charge in [-0.3, -0.25) is 4.79 Å². The smallest absolute Gasteiger partial charge is 0.335 e. The van der Waals surface area contributed by atoms with E-state index in [1.165, 1.54) is 5.56 Å². The van der Waals surface area contributed by atoms with Crippen LogP contribution in [0.1, 0.15) is 47.7 Å². The maximum Gasteiger partial charge on any atom is 0.335 e.